The highest BCUT2D eigenvalue weighted by Gasteiger charge is 1.83. The molecule has 0 radical (unpaired) electrons. The quantitative estimate of drug-likeness (QED) is 0.522. The van der Waals surface area contributed by atoms with E-state index in [0.717, 1.165) is 5.57 Å². The molecule has 0 fully saturated rings. The van der Waals surface area contributed by atoms with Crippen LogP contribution in [0.5, 0.6) is 0 Å². The van der Waals surface area contributed by atoms with E-state index in [1.807, 2.05) is 39.8 Å². The fraction of sp³-hybridized carbons (Fsp3) is 0.455. The Hall–Kier alpha value is -0.780. The van der Waals surface area contributed by atoms with Gasteiger partial charge in [-0.3, -0.25) is 0 Å². The largest absolute Gasteiger partial charge is 0.0958 e. The third-order valence-corrected chi connectivity index (χ3v) is 1.21. The lowest BCUT2D eigenvalue weighted by molar-refractivity contribution is 1.36. The Morgan fingerprint density at radius 2 is 1.64 bits per heavy atom. The van der Waals surface area contributed by atoms with Crippen molar-refractivity contribution < 1.29 is 0 Å². The zero-order valence-corrected chi connectivity index (χ0v) is 8.44. The maximum absolute atomic E-state index is 3.81. The molecule has 0 heteroatoms. The summed E-state index contributed by atoms with van der Waals surface area (Å²) < 4.78 is 0. The summed E-state index contributed by atoms with van der Waals surface area (Å²) in [5.41, 5.74) is 2.38. The van der Waals surface area contributed by atoms with Crippen LogP contribution in [-0.2, 0) is 0 Å². The third kappa shape index (κ3) is 9.22. The second kappa shape index (κ2) is 9.22. The first kappa shape index (κ1) is 12.9. The van der Waals surface area contributed by atoms with Crippen molar-refractivity contribution in [2.45, 2.75) is 34.6 Å². The van der Waals surface area contributed by atoms with Gasteiger partial charge in [0.05, 0.1) is 0 Å². The molecule has 0 aliphatic carbocycles. The highest BCUT2D eigenvalue weighted by Crippen LogP contribution is 2.03. The maximum atomic E-state index is 3.81. The summed E-state index contributed by atoms with van der Waals surface area (Å²) in [5.74, 6) is 0. The van der Waals surface area contributed by atoms with Crippen molar-refractivity contribution >= 4 is 0 Å². The smallest absolute Gasteiger partial charge is 0.0395 e. The Morgan fingerprint density at radius 3 is 1.91 bits per heavy atom. The van der Waals surface area contributed by atoms with Crippen LogP contribution in [-0.4, -0.2) is 0 Å². The van der Waals surface area contributed by atoms with Crippen LogP contribution in [0.2, 0.25) is 0 Å². The van der Waals surface area contributed by atoms with Crippen molar-refractivity contribution in [3.8, 4) is 0 Å². The van der Waals surface area contributed by atoms with E-state index in [0.29, 0.717) is 0 Å². The van der Waals surface area contributed by atoms with Gasteiger partial charge in [0.2, 0.25) is 0 Å². The second-order valence-corrected chi connectivity index (χ2v) is 2.16. The summed E-state index contributed by atoms with van der Waals surface area (Å²) in [6.07, 6.45) is 6.08. The van der Waals surface area contributed by atoms with E-state index in [1.54, 1.807) is 0 Å². The zero-order chi connectivity index (χ0) is 9.28. The van der Waals surface area contributed by atoms with Crippen molar-refractivity contribution in [1.82, 2.24) is 0 Å². The molecule has 0 aliphatic rings. The van der Waals surface area contributed by atoms with Crippen LogP contribution >= 0.6 is 0 Å². The van der Waals surface area contributed by atoms with Crippen LogP contribution in [0, 0.1) is 0 Å². The van der Waals surface area contributed by atoms with Crippen molar-refractivity contribution in [3.05, 3.63) is 36.0 Å². The Morgan fingerprint density at radius 1 is 1.18 bits per heavy atom. The van der Waals surface area contributed by atoms with Gasteiger partial charge < -0.3 is 0 Å². The number of hydrogen-bond donors (Lipinski definition) is 0. The Kier molecular flexibility index (Phi) is 10.8. The SMILES string of the molecule is C=C(C)/C(C)=C\C=C\C.CC. The van der Waals surface area contributed by atoms with Gasteiger partial charge in [-0.15, -0.1) is 0 Å². The molecule has 64 valence electrons. The average Bonchev–Trinajstić information content (AvgIpc) is 2.03. The van der Waals surface area contributed by atoms with Crippen molar-refractivity contribution in [2.24, 2.45) is 0 Å². The summed E-state index contributed by atoms with van der Waals surface area (Å²) in [6.45, 7) is 13.9. The summed E-state index contributed by atoms with van der Waals surface area (Å²) in [7, 11) is 0. The molecule has 0 spiro atoms. The lowest BCUT2D eigenvalue weighted by atomic mass is 10.1. The standard InChI is InChI=1S/C9H14.C2H6/c1-5-6-7-9(4)8(2)3;1-2/h5-7H,2H2,1,3-4H3;1-2H3/b6-5+,9-7-;. The minimum Gasteiger partial charge on any atom is -0.0958 e. The molecule has 0 aromatic rings. The maximum Gasteiger partial charge on any atom is -0.0395 e. The number of hydrogen-bond acceptors (Lipinski definition) is 0. The van der Waals surface area contributed by atoms with Gasteiger partial charge in [0, 0.05) is 0 Å². The van der Waals surface area contributed by atoms with Gasteiger partial charge in [-0.25, -0.2) is 0 Å². The average molecular weight is 152 g/mol. The van der Waals surface area contributed by atoms with E-state index in [9.17, 15) is 0 Å². The molecule has 0 saturated heterocycles. The molecule has 0 aromatic heterocycles. The fourth-order valence-corrected chi connectivity index (χ4v) is 0.383. The predicted molar refractivity (Wildman–Crippen MR) is 54.7 cm³/mol. The normalized spacial score (nSPS) is 10.8. The fourth-order valence-electron chi connectivity index (χ4n) is 0.383. The third-order valence-electron chi connectivity index (χ3n) is 1.21. The van der Waals surface area contributed by atoms with Gasteiger partial charge in [-0.2, -0.15) is 0 Å². The minimum atomic E-state index is 1.13. The Bertz CT molecular complexity index is 147. The Balaban J connectivity index is 0. The van der Waals surface area contributed by atoms with Crippen LogP contribution in [0.1, 0.15) is 34.6 Å². The summed E-state index contributed by atoms with van der Waals surface area (Å²) >= 11 is 0. The molecule has 0 rings (SSSR count). The van der Waals surface area contributed by atoms with Crippen molar-refractivity contribution in [1.29, 1.82) is 0 Å². The van der Waals surface area contributed by atoms with Crippen LogP contribution < -0.4 is 0 Å². The van der Waals surface area contributed by atoms with E-state index in [1.165, 1.54) is 5.57 Å². The number of rotatable bonds is 2. The van der Waals surface area contributed by atoms with Gasteiger partial charge in [0.1, 0.15) is 0 Å². The first-order valence-electron chi connectivity index (χ1n) is 4.14. The highest BCUT2D eigenvalue weighted by molar-refractivity contribution is 5.27. The van der Waals surface area contributed by atoms with Gasteiger partial charge >= 0.3 is 0 Å². The molecule has 0 amide bonds. The van der Waals surface area contributed by atoms with Crippen LogP contribution in [0.3, 0.4) is 0 Å². The summed E-state index contributed by atoms with van der Waals surface area (Å²) in [6, 6.07) is 0. The van der Waals surface area contributed by atoms with E-state index >= 15 is 0 Å². The molecule has 0 atom stereocenters. The molecular weight excluding hydrogens is 132 g/mol. The minimum absolute atomic E-state index is 1.13. The van der Waals surface area contributed by atoms with Crippen molar-refractivity contribution in [2.75, 3.05) is 0 Å². The lowest BCUT2D eigenvalue weighted by Gasteiger charge is -1.93. The Labute approximate surface area is 71.3 Å². The van der Waals surface area contributed by atoms with Gasteiger partial charge in [-0.1, -0.05) is 44.2 Å². The number of allylic oxidation sites excluding steroid dienone is 5. The van der Waals surface area contributed by atoms with E-state index in [2.05, 4.69) is 19.6 Å². The molecular formula is C11H20. The summed E-state index contributed by atoms with van der Waals surface area (Å²) in [5, 5.41) is 0. The monoisotopic (exact) mass is 152 g/mol. The van der Waals surface area contributed by atoms with Crippen LogP contribution in [0.4, 0.5) is 0 Å². The summed E-state index contributed by atoms with van der Waals surface area (Å²) in [4.78, 5) is 0. The molecule has 0 aliphatic heterocycles. The van der Waals surface area contributed by atoms with E-state index < -0.39 is 0 Å². The van der Waals surface area contributed by atoms with E-state index in [-0.39, 0.29) is 0 Å². The van der Waals surface area contributed by atoms with Crippen LogP contribution in [0.25, 0.3) is 0 Å². The van der Waals surface area contributed by atoms with Gasteiger partial charge in [-0.05, 0) is 26.3 Å². The molecule has 0 unspecified atom stereocenters. The lowest BCUT2D eigenvalue weighted by Crippen LogP contribution is -1.72. The topological polar surface area (TPSA) is 0 Å². The molecule has 0 saturated carbocycles. The van der Waals surface area contributed by atoms with Crippen LogP contribution in [0.15, 0.2) is 36.0 Å². The molecule has 0 bridgehead atoms. The predicted octanol–water partition coefficient (Wildman–Crippen LogP) is 4.11. The molecule has 0 aromatic carbocycles. The van der Waals surface area contributed by atoms with Crippen molar-refractivity contribution in [3.63, 3.8) is 0 Å². The molecule has 11 heavy (non-hydrogen) atoms. The second-order valence-electron chi connectivity index (χ2n) is 2.16. The first-order chi connectivity index (χ1) is 5.18. The molecule has 0 nitrogen and oxygen atoms in total. The van der Waals surface area contributed by atoms with Gasteiger partial charge in [0.25, 0.3) is 0 Å². The highest BCUT2D eigenvalue weighted by atomic mass is 13.9. The van der Waals surface area contributed by atoms with Gasteiger partial charge in [0.15, 0.2) is 0 Å². The van der Waals surface area contributed by atoms with E-state index in [4.69, 9.17) is 0 Å². The first-order valence-corrected chi connectivity index (χ1v) is 4.14. The molecule has 0 heterocycles. The molecule has 0 N–H and O–H groups in total. The zero-order valence-electron chi connectivity index (χ0n) is 8.44.